The van der Waals surface area contributed by atoms with Crippen LogP contribution >= 0.6 is 45.7 Å². The van der Waals surface area contributed by atoms with E-state index in [9.17, 15) is 0 Å². The van der Waals surface area contributed by atoms with E-state index in [1.54, 1.807) is 33.9 Å². The van der Waals surface area contributed by atoms with Gasteiger partial charge in [-0.15, -0.1) is 0 Å². The van der Waals surface area contributed by atoms with Gasteiger partial charge in [0.2, 0.25) is 5.62 Å². The van der Waals surface area contributed by atoms with E-state index in [2.05, 4.69) is 40.9 Å². The maximum atomic E-state index is 5.93. The van der Waals surface area contributed by atoms with Gasteiger partial charge in [-0.1, -0.05) is 25.4 Å². The molecule has 0 N–H and O–H groups in total. The number of hydrogen-bond acceptors (Lipinski definition) is 7. The van der Waals surface area contributed by atoms with Crippen LogP contribution in [0.4, 0.5) is 5.69 Å². The molecule has 0 aliphatic carbocycles. The second-order valence-corrected chi connectivity index (χ2v) is 24.2. The lowest BCUT2D eigenvalue weighted by atomic mass is 10.3. The molecule has 3 rings (SSSR count). The molecule has 23 heavy (non-hydrogen) atoms. The Morgan fingerprint density at radius 3 is 2.35 bits per heavy atom. The third-order valence-corrected chi connectivity index (χ3v) is 35.7. The fourth-order valence-corrected chi connectivity index (χ4v) is 44.0. The highest BCUT2D eigenvalue weighted by molar-refractivity contribution is 9.77. The zero-order valence-electron chi connectivity index (χ0n) is 13.1. The van der Waals surface area contributed by atoms with Gasteiger partial charge < -0.3 is 9.47 Å². The molecule has 1 aromatic carbocycles. The van der Waals surface area contributed by atoms with Crippen molar-refractivity contribution in [3.8, 4) is 0 Å². The Morgan fingerprint density at radius 1 is 1.17 bits per heavy atom. The fraction of sp³-hybridized carbons (Fsp3) is 0.462. The lowest BCUT2D eigenvalue weighted by Gasteiger charge is -2.74. The Morgan fingerprint density at radius 2 is 1.78 bits per heavy atom. The first-order chi connectivity index (χ1) is 10.6. The van der Waals surface area contributed by atoms with E-state index in [-0.39, 0.29) is 21.5 Å². The Kier molecular flexibility index (Phi) is 5.84. The Labute approximate surface area is 159 Å². The van der Waals surface area contributed by atoms with Crippen LogP contribution < -0.4 is 0 Å². The number of benzene rings is 1. The van der Waals surface area contributed by atoms with Crippen molar-refractivity contribution in [2.45, 2.75) is 28.7 Å². The molecule has 125 valence electrons. The van der Waals surface area contributed by atoms with Gasteiger partial charge in [-0.2, -0.15) is 0 Å². The number of para-hydroxylation sites is 1. The Bertz CT molecular complexity index is 637. The number of nitrogens with zero attached hydrogens (tertiary/aromatic N) is 1. The van der Waals surface area contributed by atoms with Gasteiger partial charge in [-0.05, 0) is 62.7 Å². The third-order valence-electron chi connectivity index (χ3n) is 4.25. The van der Waals surface area contributed by atoms with E-state index >= 15 is 0 Å². The first kappa shape index (κ1) is 20.3. The summed E-state index contributed by atoms with van der Waals surface area (Å²) in [6, 6.07) is 8.41. The summed E-state index contributed by atoms with van der Waals surface area (Å²) in [5.41, 5.74) is 2.83. The van der Waals surface area contributed by atoms with Gasteiger partial charge in [0.05, 0.1) is 11.2 Å². The third kappa shape index (κ3) is 2.13. The van der Waals surface area contributed by atoms with Crippen LogP contribution in [-0.2, 0) is 9.47 Å². The van der Waals surface area contributed by atoms with Crippen LogP contribution in [0.25, 0.3) is 0 Å². The van der Waals surface area contributed by atoms with Crippen LogP contribution in [0.5, 0.6) is 0 Å². The van der Waals surface area contributed by atoms with Crippen molar-refractivity contribution >= 4 is 78.1 Å². The van der Waals surface area contributed by atoms with Crippen molar-refractivity contribution in [2.24, 2.45) is 4.99 Å². The molecule has 1 spiro atoms. The van der Waals surface area contributed by atoms with Gasteiger partial charge in [0.25, 0.3) is 0 Å². The van der Waals surface area contributed by atoms with Crippen LogP contribution in [0.1, 0.15) is 13.3 Å². The molecule has 1 fully saturated rings. The molecule has 1 aromatic rings. The van der Waals surface area contributed by atoms with E-state index in [1.807, 2.05) is 25.7 Å². The lowest BCUT2D eigenvalue weighted by Crippen LogP contribution is -2.49. The van der Waals surface area contributed by atoms with Gasteiger partial charge in [-0.3, -0.25) is 0 Å². The van der Waals surface area contributed by atoms with Crippen molar-refractivity contribution < 1.29 is 9.47 Å². The molecular weight excluding hydrogens is 419 g/mol. The first-order valence-corrected chi connectivity index (χ1v) is 15.8. The minimum Gasteiger partial charge on any atom is -0.347 e. The summed E-state index contributed by atoms with van der Waals surface area (Å²) in [6.07, 6.45) is -2.29. The van der Waals surface area contributed by atoms with E-state index in [0.717, 1.165) is 12.1 Å². The normalized spacial score (nSPS) is 26.7. The summed E-state index contributed by atoms with van der Waals surface area (Å²) in [5.74, 6) is 0. The molecule has 2 aliphatic heterocycles. The van der Waals surface area contributed by atoms with E-state index in [4.69, 9.17) is 14.5 Å². The highest BCUT2D eigenvalue weighted by Crippen LogP contribution is 3.19. The molecule has 1 unspecified atom stereocenters. The van der Waals surface area contributed by atoms with E-state index < -0.39 is 6.36 Å². The number of ether oxygens (including phenoxy) is 2. The van der Waals surface area contributed by atoms with Gasteiger partial charge in [0, 0.05) is 40.3 Å². The minimum absolute atomic E-state index is 0. The van der Waals surface area contributed by atoms with Crippen LogP contribution in [0.3, 0.4) is 0 Å². The fourth-order valence-electron chi connectivity index (χ4n) is 3.19. The van der Waals surface area contributed by atoms with Gasteiger partial charge in [0.1, 0.15) is 0 Å². The predicted molar refractivity (Wildman–Crippen MR) is 114 cm³/mol. The summed E-state index contributed by atoms with van der Waals surface area (Å²) in [6.45, 7) is 2.20. The maximum Gasteiger partial charge on any atom is 0.202 e. The smallest absolute Gasteiger partial charge is 0.202 e. The lowest BCUT2D eigenvalue weighted by molar-refractivity contribution is -0.0385. The molecule has 0 amide bonds. The molecule has 1 saturated heterocycles. The van der Waals surface area contributed by atoms with Gasteiger partial charge in [0.15, 0.2) is 0 Å². The van der Waals surface area contributed by atoms with Gasteiger partial charge in [-0.25, -0.2) is 4.99 Å². The van der Waals surface area contributed by atoms with Crippen molar-refractivity contribution in [3.63, 3.8) is 0 Å². The second kappa shape index (κ2) is 6.62. The van der Waals surface area contributed by atoms with Crippen molar-refractivity contribution in [1.82, 2.24) is 0 Å². The minimum atomic E-state index is -3.25. The number of methoxy groups -OCH3 is 2. The molecule has 2 aliphatic rings. The molecule has 7 radical (unpaired) electrons. The van der Waals surface area contributed by atoms with Crippen LogP contribution in [0.2, 0.25) is 0 Å². The SMILES string of the molecule is CCC([Si])S12(C(OC)OC)(C=Nc3ccccc31)SSSS2.[Si]. The standard InChI is InChI=1S/C13H18NO2S5Si.Si/c1-4-12(22)21(13(15-2)16-3,19-17-18-20-21)9-14-10-7-5-6-8-11(10)21;/h5-9,12-13H,4H2,1-3H3;. The van der Waals surface area contributed by atoms with Crippen molar-refractivity contribution in [1.29, 1.82) is 0 Å². The summed E-state index contributed by atoms with van der Waals surface area (Å²) in [7, 11) is 14.9. The number of rotatable bonds is 5. The predicted octanol–water partition coefficient (Wildman–Crippen LogP) is 5.22. The molecule has 0 bridgehead atoms. The maximum absolute atomic E-state index is 5.93. The largest absolute Gasteiger partial charge is 0.347 e. The molecule has 2 heterocycles. The number of fused-ring (bicyclic) bond motifs is 2. The molecular formula is C13H18NO2S5Si2. The molecule has 0 saturated carbocycles. The molecule has 1 atom stereocenters. The zero-order valence-corrected chi connectivity index (χ0v) is 19.1. The second-order valence-electron chi connectivity index (χ2n) is 5.21. The van der Waals surface area contributed by atoms with Crippen molar-refractivity contribution in [2.75, 3.05) is 14.2 Å². The number of aliphatic imine (C=N–C) groups is 1. The quantitative estimate of drug-likeness (QED) is 0.357. The topological polar surface area (TPSA) is 30.8 Å². The Hall–Kier alpha value is 0.994. The number of hydrogen-bond donors (Lipinski definition) is 0. The molecule has 3 nitrogen and oxygen atoms in total. The summed E-state index contributed by atoms with van der Waals surface area (Å²) in [4.78, 5) is 6.28. The highest BCUT2D eigenvalue weighted by Gasteiger charge is 2.77. The van der Waals surface area contributed by atoms with E-state index in [0.29, 0.717) is 0 Å². The Balaban J connectivity index is 0.00000192. The monoisotopic (exact) mass is 436 g/mol. The van der Waals surface area contributed by atoms with Crippen LogP contribution in [0.15, 0.2) is 34.2 Å². The average molecular weight is 437 g/mol. The van der Waals surface area contributed by atoms with Crippen LogP contribution in [-0.4, -0.2) is 51.5 Å². The molecule has 0 aromatic heterocycles. The summed E-state index contributed by atoms with van der Waals surface area (Å²) < 4.78 is 11.9. The van der Waals surface area contributed by atoms with Crippen LogP contribution in [0, 0.1) is 0 Å². The average Bonchev–Trinajstić information content (AvgIpc) is 3.12. The van der Waals surface area contributed by atoms with E-state index in [1.165, 1.54) is 4.90 Å². The van der Waals surface area contributed by atoms with Crippen molar-refractivity contribution in [3.05, 3.63) is 24.3 Å². The summed E-state index contributed by atoms with van der Waals surface area (Å²) >= 11 is 0. The summed E-state index contributed by atoms with van der Waals surface area (Å²) in [5, 5.41) is 0. The highest BCUT2D eigenvalue weighted by atomic mass is 34.1. The first-order valence-electron chi connectivity index (χ1n) is 6.75. The van der Waals surface area contributed by atoms with Gasteiger partial charge >= 0.3 is 0 Å². The molecule has 10 heteroatoms. The zero-order chi connectivity index (χ0) is 15.9.